The molecular formula is C15H18N3O3S+. The SMILES string of the molecule is Cc1ccc[n+](CC2=C(C(=O)O)N3C(=O)C(N)[C@@H]3SC2)c1C. The molecule has 1 fully saturated rings. The van der Waals surface area contributed by atoms with Crippen LogP contribution in [0.25, 0.3) is 0 Å². The van der Waals surface area contributed by atoms with Crippen molar-refractivity contribution in [1.29, 1.82) is 0 Å². The van der Waals surface area contributed by atoms with Crippen LogP contribution >= 0.6 is 11.8 Å². The fourth-order valence-electron chi connectivity index (χ4n) is 2.83. The number of aliphatic carboxylic acids is 1. The van der Waals surface area contributed by atoms with Crippen LogP contribution in [0.1, 0.15) is 11.3 Å². The van der Waals surface area contributed by atoms with Crippen molar-refractivity contribution in [1.82, 2.24) is 4.90 Å². The minimum atomic E-state index is -1.06. The van der Waals surface area contributed by atoms with Crippen LogP contribution in [-0.4, -0.2) is 39.1 Å². The number of hydrogen-bond acceptors (Lipinski definition) is 4. The highest BCUT2D eigenvalue weighted by Crippen LogP contribution is 2.39. The monoisotopic (exact) mass is 320 g/mol. The van der Waals surface area contributed by atoms with Gasteiger partial charge in [-0.1, -0.05) is 0 Å². The standard InChI is InChI=1S/C15H17N3O3S/c1-8-4-3-5-17(9(8)2)6-10-7-22-14-11(16)13(19)18(14)12(10)15(20)21/h3-5,11,14H,6-7,16H2,1-2H3/p+1/t11?,14-/m0/s1. The molecular weight excluding hydrogens is 302 g/mol. The molecule has 116 valence electrons. The van der Waals surface area contributed by atoms with Crippen molar-refractivity contribution in [3.63, 3.8) is 0 Å². The van der Waals surface area contributed by atoms with E-state index in [0.717, 1.165) is 16.8 Å². The number of aryl methyl sites for hydroxylation is 1. The van der Waals surface area contributed by atoms with Gasteiger partial charge in [-0.2, -0.15) is 4.57 Å². The summed E-state index contributed by atoms with van der Waals surface area (Å²) in [5.74, 6) is -0.797. The second-order valence-electron chi connectivity index (χ2n) is 5.60. The summed E-state index contributed by atoms with van der Waals surface area (Å²) in [6.45, 7) is 4.48. The van der Waals surface area contributed by atoms with Crippen molar-refractivity contribution in [2.75, 3.05) is 5.75 Å². The molecule has 0 aromatic carbocycles. The second-order valence-corrected chi connectivity index (χ2v) is 6.70. The number of rotatable bonds is 3. The van der Waals surface area contributed by atoms with E-state index in [1.165, 1.54) is 16.7 Å². The van der Waals surface area contributed by atoms with Crippen LogP contribution in [0.5, 0.6) is 0 Å². The Morgan fingerprint density at radius 2 is 2.27 bits per heavy atom. The molecule has 0 saturated carbocycles. The molecule has 2 aliphatic heterocycles. The van der Waals surface area contributed by atoms with Crippen LogP contribution in [0, 0.1) is 13.8 Å². The van der Waals surface area contributed by atoms with Gasteiger partial charge in [-0.25, -0.2) is 4.79 Å². The number of carboxylic acid groups (broad SMARTS) is 1. The number of carbonyl (C=O) groups excluding carboxylic acids is 1. The van der Waals surface area contributed by atoms with Crippen molar-refractivity contribution >= 4 is 23.6 Å². The molecule has 1 aromatic rings. The Labute approximate surface area is 132 Å². The predicted molar refractivity (Wildman–Crippen MR) is 81.8 cm³/mol. The van der Waals surface area contributed by atoms with Gasteiger partial charge < -0.3 is 10.8 Å². The van der Waals surface area contributed by atoms with Gasteiger partial charge in [0.25, 0.3) is 0 Å². The quantitative estimate of drug-likeness (QED) is 0.612. The maximum Gasteiger partial charge on any atom is 0.352 e. The van der Waals surface area contributed by atoms with E-state index in [1.54, 1.807) is 0 Å². The van der Waals surface area contributed by atoms with E-state index >= 15 is 0 Å². The Bertz CT molecular complexity index is 701. The molecule has 2 aliphatic rings. The lowest BCUT2D eigenvalue weighted by atomic mass is 10.0. The molecule has 1 amide bonds. The summed E-state index contributed by atoms with van der Waals surface area (Å²) >= 11 is 1.53. The predicted octanol–water partition coefficient (Wildman–Crippen LogP) is 0.172. The third-order valence-electron chi connectivity index (χ3n) is 4.27. The first-order chi connectivity index (χ1) is 10.4. The van der Waals surface area contributed by atoms with Crippen LogP contribution in [0.15, 0.2) is 29.6 Å². The number of β-lactam (4-membered cyclic amide) rings is 1. The van der Waals surface area contributed by atoms with Crippen LogP contribution in [-0.2, 0) is 16.1 Å². The molecule has 0 radical (unpaired) electrons. The topological polar surface area (TPSA) is 87.5 Å². The largest absolute Gasteiger partial charge is 0.477 e. The Kier molecular flexibility index (Phi) is 3.70. The summed E-state index contributed by atoms with van der Waals surface area (Å²) in [7, 11) is 0. The van der Waals surface area contributed by atoms with E-state index in [2.05, 4.69) is 0 Å². The summed E-state index contributed by atoms with van der Waals surface area (Å²) in [5.41, 5.74) is 8.82. The highest BCUT2D eigenvalue weighted by Gasteiger charge is 2.52. The van der Waals surface area contributed by atoms with Gasteiger partial charge in [0.05, 0.1) is 0 Å². The van der Waals surface area contributed by atoms with Crippen molar-refractivity contribution in [3.8, 4) is 0 Å². The lowest BCUT2D eigenvalue weighted by molar-refractivity contribution is -0.695. The molecule has 1 unspecified atom stereocenters. The molecule has 3 rings (SSSR count). The van der Waals surface area contributed by atoms with Gasteiger partial charge in [0.1, 0.15) is 17.1 Å². The second kappa shape index (κ2) is 5.40. The van der Waals surface area contributed by atoms with Gasteiger partial charge in [0.15, 0.2) is 18.4 Å². The third kappa shape index (κ3) is 2.21. The zero-order valence-electron chi connectivity index (χ0n) is 12.4. The first-order valence-electron chi connectivity index (χ1n) is 7.03. The first kappa shape index (κ1) is 15.1. The van der Waals surface area contributed by atoms with Crippen LogP contribution < -0.4 is 10.3 Å². The van der Waals surface area contributed by atoms with E-state index in [0.29, 0.717) is 12.3 Å². The molecule has 3 heterocycles. The van der Waals surface area contributed by atoms with E-state index in [9.17, 15) is 14.7 Å². The number of pyridine rings is 1. The Balaban J connectivity index is 1.98. The van der Waals surface area contributed by atoms with Gasteiger partial charge in [-0.05, 0) is 13.0 Å². The molecule has 1 aromatic heterocycles. The van der Waals surface area contributed by atoms with Crippen molar-refractivity contribution in [2.24, 2.45) is 5.73 Å². The molecule has 0 spiro atoms. The summed E-state index contributed by atoms with van der Waals surface area (Å²) in [4.78, 5) is 24.9. The molecule has 2 atom stereocenters. The molecule has 0 aliphatic carbocycles. The lowest BCUT2D eigenvalue weighted by Gasteiger charge is -2.47. The van der Waals surface area contributed by atoms with E-state index < -0.39 is 12.0 Å². The lowest BCUT2D eigenvalue weighted by Crippen LogP contribution is -2.68. The Morgan fingerprint density at radius 3 is 2.95 bits per heavy atom. The third-order valence-corrected chi connectivity index (χ3v) is 5.63. The summed E-state index contributed by atoms with van der Waals surface area (Å²) in [5, 5.41) is 9.28. The van der Waals surface area contributed by atoms with Gasteiger partial charge in [0.2, 0.25) is 5.91 Å². The molecule has 1 saturated heterocycles. The van der Waals surface area contributed by atoms with Gasteiger partial charge >= 0.3 is 5.97 Å². The minimum absolute atomic E-state index is 0.101. The number of hydrogen-bond donors (Lipinski definition) is 2. The van der Waals surface area contributed by atoms with Crippen LogP contribution in [0.2, 0.25) is 0 Å². The van der Waals surface area contributed by atoms with Crippen molar-refractivity contribution in [3.05, 3.63) is 40.9 Å². The number of fused-ring (bicyclic) bond motifs is 1. The average Bonchev–Trinajstić information content (AvgIpc) is 2.50. The van der Waals surface area contributed by atoms with Gasteiger partial charge in [-0.3, -0.25) is 9.69 Å². The molecule has 6 nitrogen and oxygen atoms in total. The number of nitrogens with zero attached hydrogens (tertiary/aromatic N) is 2. The van der Waals surface area contributed by atoms with Crippen molar-refractivity contribution in [2.45, 2.75) is 31.8 Å². The highest BCUT2D eigenvalue weighted by atomic mass is 32.2. The number of nitrogens with two attached hydrogens (primary N) is 1. The number of thioether (sulfide) groups is 1. The zero-order valence-corrected chi connectivity index (χ0v) is 13.3. The molecule has 22 heavy (non-hydrogen) atoms. The maximum atomic E-state index is 11.9. The number of amides is 1. The van der Waals surface area contributed by atoms with Crippen molar-refractivity contribution < 1.29 is 19.3 Å². The molecule has 7 heteroatoms. The van der Waals surface area contributed by atoms with Gasteiger partial charge in [0, 0.05) is 29.9 Å². The average molecular weight is 320 g/mol. The fraction of sp³-hybridized carbons (Fsp3) is 0.400. The number of carbonyl (C=O) groups is 2. The smallest absolute Gasteiger partial charge is 0.352 e. The number of carboxylic acids is 1. The maximum absolute atomic E-state index is 11.9. The highest BCUT2D eigenvalue weighted by molar-refractivity contribution is 8.00. The molecule has 0 bridgehead atoms. The summed E-state index contributed by atoms with van der Waals surface area (Å²) in [6, 6.07) is 3.36. The van der Waals surface area contributed by atoms with E-state index in [4.69, 9.17) is 5.73 Å². The summed E-state index contributed by atoms with van der Waals surface area (Å²) < 4.78 is 2.01. The number of aromatic nitrogens is 1. The first-order valence-corrected chi connectivity index (χ1v) is 8.08. The summed E-state index contributed by atoms with van der Waals surface area (Å²) in [6.07, 6.45) is 1.93. The zero-order chi connectivity index (χ0) is 16.0. The van der Waals surface area contributed by atoms with Crippen LogP contribution in [0.4, 0.5) is 0 Å². The van der Waals surface area contributed by atoms with E-state index in [-0.39, 0.29) is 17.0 Å². The normalized spacial score (nSPS) is 24.1. The van der Waals surface area contributed by atoms with Gasteiger partial charge in [-0.15, -0.1) is 11.8 Å². The Morgan fingerprint density at radius 1 is 1.55 bits per heavy atom. The van der Waals surface area contributed by atoms with Crippen LogP contribution in [0.3, 0.4) is 0 Å². The molecule has 3 N–H and O–H groups in total. The Hall–Kier alpha value is -1.86. The van der Waals surface area contributed by atoms with E-state index in [1.807, 2.05) is 36.7 Å². The minimum Gasteiger partial charge on any atom is -0.477 e. The fourth-order valence-corrected chi connectivity index (χ4v) is 4.11.